The molecule has 1 saturated heterocycles. The molecule has 1 fully saturated rings. The molecule has 5 nitrogen and oxygen atoms in total. The molecule has 0 aliphatic carbocycles. The van der Waals surface area contributed by atoms with Gasteiger partial charge in [-0.2, -0.15) is 0 Å². The zero-order chi connectivity index (χ0) is 15.8. The van der Waals surface area contributed by atoms with Gasteiger partial charge in [0.25, 0.3) is 0 Å². The number of hydrogen-bond donors (Lipinski definition) is 2. The molecule has 1 heterocycles. The van der Waals surface area contributed by atoms with E-state index in [4.69, 9.17) is 18.0 Å². The summed E-state index contributed by atoms with van der Waals surface area (Å²) in [5.74, 6) is -1.20. The van der Waals surface area contributed by atoms with Gasteiger partial charge in [0.1, 0.15) is 10.8 Å². The van der Waals surface area contributed by atoms with E-state index in [0.717, 1.165) is 0 Å². The lowest BCUT2D eigenvalue weighted by Gasteiger charge is -2.40. The number of imide groups is 1. The van der Waals surface area contributed by atoms with Gasteiger partial charge in [0, 0.05) is 12.1 Å². The highest BCUT2D eigenvalue weighted by molar-refractivity contribution is 7.80. The molecule has 0 radical (unpaired) electrons. The first kappa shape index (κ1) is 15.5. The zero-order valence-corrected chi connectivity index (χ0v) is 12.6. The number of nitrogens with one attached hydrogen (secondary N) is 1. The fraction of sp³-hybridized carbons (Fsp3) is 0.357. The van der Waals surface area contributed by atoms with Gasteiger partial charge >= 0.3 is 0 Å². The standard InChI is InChI=1S/C14H16FN3O2S/c1-14(2)13(20)17-11(19)7-18(14)6-8-3-9(12(16)21)5-10(15)4-8/h3-5H,6-7H2,1-2H3,(H2,16,21)(H,17,19,20). The molecule has 0 spiro atoms. The number of rotatable bonds is 3. The minimum absolute atomic E-state index is 0.0671. The van der Waals surface area contributed by atoms with Crippen molar-refractivity contribution >= 4 is 29.0 Å². The van der Waals surface area contributed by atoms with E-state index in [2.05, 4.69) is 5.32 Å². The molecular formula is C14H16FN3O2S. The summed E-state index contributed by atoms with van der Waals surface area (Å²) in [4.78, 5) is 25.2. The first-order valence-electron chi connectivity index (χ1n) is 6.39. The Labute approximate surface area is 127 Å². The number of nitrogens with zero attached hydrogens (tertiary/aromatic N) is 1. The molecule has 1 aromatic rings. The molecule has 0 unspecified atom stereocenters. The quantitative estimate of drug-likeness (QED) is 0.635. The van der Waals surface area contributed by atoms with Crippen LogP contribution >= 0.6 is 12.2 Å². The van der Waals surface area contributed by atoms with Crippen LogP contribution in [0.3, 0.4) is 0 Å². The Morgan fingerprint density at radius 1 is 1.43 bits per heavy atom. The van der Waals surface area contributed by atoms with Crippen LogP contribution in [0, 0.1) is 5.82 Å². The molecule has 1 aromatic carbocycles. The van der Waals surface area contributed by atoms with Gasteiger partial charge in [-0.05, 0) is 37.6 Å². The van der Waals surface area contributed by atoms with Crippen molar-refractivity contribution in [3.8, 4) is 0 Å². The molecule has 1 aliphatic rings. The average molecular weight is 309 g/mol. The molecule has 112 valence electrons. The van der Waals surface area contributed by atoms with Crippen molar-refractivity contribution in [1.82, 2.24) is 10.2 Å². The van der Waals surface area contributed by atoms with Crippen LogP contribution in [0.15, 0.2) is 18.2 Å². The molecule has 2 rings (SSSR count). The Bertz CT molecular complexity index is 631. The van der Waals surface area contributed by atoms with E-state index >= 15 is 0 Å². The molecule has 0 bridgehead atoms. The van der Waals surface area contributed by atoms with Crippen LogP contribution in [-0.4, -0.2) is 33.8 Å². The number of benzene rings is 1. The second kappa shape index (κ2) is 5.50. The van der Waals surface area contributed by atoms with Crippen molar-refractivity contribution in [3.63, 3.8) is 0 Å². The number of carbonyl (C=O) groups is 2. The predicted molar refractivity (Wildman–Crippen MR) is 79.9 cm³/mol. The number of halogens is 1. The van der Waals surface area contributed by atoms with Gasteiger partial charge in [-0.1, -0.05) is 12.2 Å². The maximum atomic E-state index is 13.6. The summed E-state index contributed by atoms with van der Waals surface area (Å²) in [6.45, 7) is 3.74. The second-order valence-corrected chi connectivity index (χ2v) is 5.94. The Hall–Kier alpha value is -1.86. The molecule has 0 atom stereocenters. The number of hydrogen-bond acceptors (Lipinski definition) is 4. The summed E-state index contributed by atoms with van der Waals surface area (Å²) >= 11 is 4.85. The smallest absolute Gasteiger partial charge is 0.246 e. The fourth-order valence-electron chi connectivity index (χ4n) is 2.19. The van der Waals surface area contributed by atoms with Crippen molar-refractivity contribution < 1.29 is 14.0 Å². The average Bonchev–Trinajstić information content (AvgIpc) is 2.35. The molecule has 2 amide bonds. The fourth-order valence-corrected chi connectivity index (χ4v) is 2.31. The van der Waals surface area contributed by atoms with Crippen molar-refractivity contribution in [2.75, 3.05) is 6.54 Å². The topological polar surface area (TPSA) is 75.4 Å². The summed E-state index contributed by atoms with van der Waals surface area (Å²) in [6.07, 6.45) is 0. The molecular weight excluding hydrogens is 293 g/mol. The monoisotopic (exact) mass is 309 g/mol. The van der Waals surface area contributed by atoms with Gasteiger partial charge in [-0.15, -0.1) is 0 Å². The lowest BCUT2D eigenvalue weighted by molar-refractivity contribution is -0.145. The van der Waals surface area contributed by atoms with Crippen LogP contribution in [-0.2, 0) is 16.1 Å². The highest BCUT2D eigenvalue weighted by atomic mass is 32.1. The van der Waals surface area contributed by atoms with E-state index in [-0.39, 0.29) is 29.9 Å². The second-order valence-electron chi connectivity index (χ2n) is 5.50. The maximum absolute atomic E-state index is 13.6. The van der Waals surface area contributed by atoms with Crippen LogP contribution in [0.5, 0.6) is 0 Å². The van der Waals surface area contributed by atoms with Crippen molar-refractivity contribution in [1.29, 1.82) is 0 Å². The highest BCUT2D eigenvalue weighted by Gasteiger charge is 2.40. The Balaban J connectivity index is 2.30. The third-order valence-corrected chi connectivity index (χ3v) is 3.78. The molecule has 0 saturated carbocycles. The summed E-state index contributed by atoms with van der Waals surface area (Å²) in [6, 6.07) is 4.26. The van der Waals surface area contributed by atoms with Gasteiger partial charge in [0.2, 0.25) is 11.8 Å². The van der Waals surface area contributed by atoms with Crippen LogP contribution < -0.4 is 11.1 Å². The molecule has 7 heteroatoms. The van der Waals surface area contributed by atoms with Gasteiger partial charge < -0.3 is 5.73 Å². The number of thiocarbonyl (C=S) groups is 1. The summed E-state index contributed by atoms with van der Waals surface area (Å²) in [7, 11) is 0. The minimum Gasteiger partial charge on any atom is -0.389 e. The van der Waals surface area contributed by atoms with Crippen molar-refractivity contribution in [2.24, 2.45) is 5.73 Å². The summed E-state index contributed by atoms with van der Waals surface area (Å²) in [5, 5.41) is 2.29. The summed E-state index contributed by atoms with van der Waals surface area (Å²) < 4.78 is 13.6. The van der Waals surface area contributed by atoms with Gasteiger partial charge in [0.05, 0.1) is 12.1 Å². The van der Waals surface area contributed by atoms with E-state index in [0.29, 0.717) is 11.1 Å². The zero-order valence-electron chi connectivity index (χ0n) is 11.8. The van der Waals surface area contributed by atoms with Crippen LogP contribution in [0.25, 0.3) is 0 Å². The van der Waals surface area contributed by atoms with Gasteiger partial charge in [-0.25, -0.2) is 4.39 Å². The summed E-state index contributed by atoms with van der Waals surface area (Å²) in [5.41, 5.74) is 5.68. The normalized spacial score (nSPS) is 18.4. The van der Waals surface area contributed by atoms with Gasteiger partial charge in [-0.3, -0.25) is 19.8 Å². The highest BCUT2D eigenvalue weighted by Crippen LogP contribution is 2.22. The predicted octanol–water partition coefficient (Wildman–Crippen LogP) is 0.697. The van der Waals surface area contributed by atoms with Crippen LogP contribution in [0.2, 0.25) is 0 Å². The van der Waals surface area contributed by atoms with E-state index in [1.54, 1.807) is 24.8 Å². The lowest BCUT2D eigenvalue weighted by Crippen LogP contribution is -2.63. The largest absolute Gasteiger partial charge is 0.389 e. The van der Waals surface area contributed by atoms with Crippen molar-refractivity contribution in [3.05, 3.63) is 35.1 Å². The Morgan fingerprint density at radius 3 is 2.71 bits per heavy atom. The third-order valence-electron chi connectivity index (χ3n) is 3.55. The number of piperazine rings is 1. The first-order valence-corrected chi connectivity index (χ1v) is 6.79. The molecule has 21 heavy (non-hydrogen) atoms. The first-order chi connectivity index (χ1) is 9.70. The van der Waals surface area contributed by atoms with Crippen LogP contribution in [0.1, 0.15) is 25.0 Å². The van der Waals surface area contributed by atoms with E-state index < -0.39 is 11.4 Å². The number of nitrogens with two attached hydrogens (primary N) is 1. The maximum Gasteiger partial charge on any atom is 0.246 e. The SMILES string of the molecule is CC1(C)C(=O)NC(=O)CN1Cc1cc(F)cc(C(N)=S)c1. The Morgan fingerprint density at radius 2 is 2.10 bits per heavy atom. The molecule has 3 N–H and O–H groups in total. The van der Waals surface area contributed by atoms with Crippen molar-refractivity contribution in [2.45, 2.75) is 25.9 Å². The molecule has 1 aliphatic heterocycles. The van der Waals surface area contributed by atoms with E-state index in [9.17, 15) is 14.0 Å². The number of amides is 2. The lowest BCUT2D eigenvalue weighted by atomic mass is 9.97. The van der Waals surface area contributed by atoms with Gasteiger partial charge in [0.15, 0.2) is 0 Å². The Kier molecular flexibility index (Phi) is 4.06. The third kappa shape index (κ3) is 3.25. The van der Waals surface area contributed by atoms with Crippen LogP contribution in [0.4, 0.5) is 4.39 Å². The number of carbonyl (C=O) groups excluding carboxylic acids is 2. The van der Waals surface area contributed by atoms with E-state index in [1.165, 1.54) is 12.1 Å². The minimum atomic E-state index is -0.858. The molecule has 0 aromatic heterocycles. The van der Waals surface area contributed by atoms with E-state index in [1.807, 2.05) is 0 Å².